The van der Waals surface area contributed by atoms with Gasteiger partial charge >= 0.3 is 157 Å². The molecule has 0 aromatic rings. The van der Waals surface area contributed by atoms with Crippen LogP contribution in [0.1, 0.15) is 111 Å². The van der Waals surface area contributed by atoms with Crippen molar-refractivity contribution < 1.29 is 0 Å². The van der Waals surface area contributed by atoms with E-state index in [-0.39, 0.29) is 0 Å². The van der Waals surface area contributed by atoms with Crippen molar-refractivity contribution in [3.05, 3.63) is 0 Å². The molecule has 0 spiro atoms. The van der Waals surface area contributed by atoms with Crippen molar-refractivity contribution in [3.8, 4) is 0 Å². The first-order chi connectivity index (χ1) is 11.0. The van der Waals surface area contributed by atoms with Crippen LogP contribution < -0.4 is 0 Å². The van der Waals surface area contributed by atoms with E-state index < -0.39 is 5.31 Å². The van der Waals surface area contributed by atoms with Gasteiger partial charge in [0.1, 0.15) is 0 Å². The monoisotopic (exact) mass is 408 g/mol. The summed E-state index contributed by atoms with van der Waals surface area (Å²) in [6.07, 6.45) is 24.6. The van der Waals surface area contributed by atoms with Crippen molar-refractivity contribution >= 4 is 20.8 Å². The molecule has 0 fully saturated rings. The van der Waals surface area contributed by atoms with E-state index in [2.05, 4.69) is 43.2 Å². The molecule has 0 N–H and O–H groups in total. The van der Waals surface area contributed by atoms with Gasteiger partial charge in [-0.05, 0) is 0 Å². The van der Waals surface area contributed by atoms with Crippen molar-refractivity contribution in [1.29, 1.82) is 0 Å². The first kappa shape index (κ1) is 23.9. The fraction of sp³-hybridized carbons (Fsp3) is 1.00. The second-order valence-electron chi connectivity index (χ2n) is 7.90. The molecule has 0 amide bonds. The zero-order valence-electron chi connectivity index (χ0n) is 16.8. The molecule has 0 aliphatic carbocycles. The summed E-state index contributed by atoms with van der Waals surface area (Å²) in [6.45, 7) is 9.37. The zero-order chi connectivity index (χ0) is 17.5. The van der Waals surface area contributed by atoms with E-state index in [0.29, 0.717) is 0 Å². The standard InChI is InChI=1S/C21H46BrP/c1-5-9-13-17-21-23(22,18-14-10-6-2,19-15-11-7-3)20-16-12-8-4/h5-21H2,1-4H3. The predicted octanol–water partition coefficient (Wildman–Crippen LogP) is 9.00. The Labute approximate surface area is 156 Å². The number of halogens is 1. The third kappa shape index (κ3) is 11.2. The van der Waals surface area contributed by atoms with Crippen molar-refractivity contribution in [3.63, 3.8) is 0 Å². The molecular weight excluding hydrogens is 363 g/mol. The molecule has 0 heterocycles. The molecule has 0 aliphatic rings. The number of unbranched alkanes of at least 4 members (excludes halogenated alkanes) is 9. The van der Waals surface area contributed by atoms with E-state index in [1.54, 1.807) is 0 Å². The molecule has 0 aromatic carbocycles. The van der Waals surface area contributed by atoms with Crippen molar-refractivity contribution in [2.45, 2.75) is 111 Å². The van der Waals surface area contributed by atoms with Crippen LogP contribution in [-0.4, -0.2) is 24.6 Å². The van der Waals surface area contributed by atoms with Gasteiger partial charge in [0.05, 0.1) is 0 Å². The van der Waals surface area contributed by atoms with Crippen molar-refractivity contribution in [1.82, 2.24) is 0 Å². The first-order valence-corrected chi connectivity index (χ1v) is 15.8. The third-order valence-corrected chi connectivity index (χ3v) is 15.5. The second-order valence-corrected chi connectivity index (χ2v) is 19.3. The summed E-state index contributed by atoms with van der Waals surface area (Å²) in [7, 11) is 0. The average Bonchev–Trinajstić information content (AvgIpc) is 2.53. The van der Waals surface area contributed by atoms with Crippen LogP contribution in [0.25, 0.3) is 0 Å². The van der Waals surface area contributed by atoms with Crippen LogP contribution in [0.15, 0.2) is 0 Å². The van der Waals surface area contributed by atoms with E-state index in [9.17, 15) is 0 Å². The average molecular weight is 409 g/mol. The molecule has 2 heteroatoms. The molecule has 0 rings (SSSR count). The third-order valence-electron chi connectivity index (χ3n) is 5.53. The normalized spacial score (nSPS) is 13.9. The molecule has 0 unspecified atom stereocenters. The van der Waals surface area contributed by atoms with E-state index in [1.807, 2.05) is 0 Å². The number of hydrogen-bond donors (Lipinski definition) is 0. The van der Waals surface area contributed by atoms with Crippen LogP contribution in [0.5, 0.6) is 0 Å². The molecular formula is C21H46BrP. The van der Waals surface area contributed by atoms with Gasteiger partial charge in [0.2, 0.25) is 0 Å². The molecule has 0 nitrogen and oxygen atoms in total. The summed E-state index contributed by atoms with van der Waals surface area (Å²) in [6, 6.07) is 0. The predicted molar refractivity (Wildman–Crippen MR) is 118 cm³/mol. The molecule has 0 saturated carbocycles. The Hall–Kier alpha value is 0.910. The van der Waals surface area contributed by atoms with Gasteiger partial charge in [-0.15, -0.1) is 0 Å². The van der Waals surface area contributed by atoms with Gasteiger partial charge in [-0.25, -0.2) is 0 Å². The second kappa shape index (κ2) is 14.1. The summed E-state index contributed by atoms with van der Waals surface area (Å²) in [5, 5.41) is -1.63. The summed E-state index contributed by atoms with van der Waals surface area (Å²) >= 11 is 4.57. The Morgan fingerprint density at radius 3 is 1.00 bits per heavy atom. The van der Waals surface area contributed by atoms with Gasteiger partial charge < -0.3 is 0 Å². The maximum absolute atomic E-state index is 4.57. The van der Waals surface area contributed by atoms with E-state index in [0.717, 1.165) is 0 Å². The molecule has 23 heavy (non-hydrogen) atoms. The van der Waals surface area contributed by atoms with Crippen LogP contribution in [0.4, 0.5) is 0 Å². The maximum atomic E-state index is 4.57. The Bertz CT molecular complexity index is 235. The Morgan fingerprint density at radius 2 is 0.696 bits per heavy atom. The SMILES string of the molecule is CCCCCCP(Br)(CCCCC)(CCCCC)CCCCC. The topological polar surface area (TPSA) is 0 Å². The van der Waals surface area contributed by atoms with Gasteiger partial charge in [0.25, 0.3) is 0 Å². The molecule has 142 valence electrons. The van der Waals surface area contributed by atoms with E-state index >= 15 is 0 Å². The molecule has 0 saturated heterocycles. The van der Waals surface area contributed by atoms with E-state index in [1.165, 1.54) is 108 Å². The quantitative estimate of drug-likeness (QED) is 0.166. The minimum atomic E-state index is -1.63. The van der Waals surface area contributed by atoms with Gasteiger partial charge in [-0.2, -0.15) is 0 Å². The Morgan fingerprint density at radius 1 is 0.435 bits per heavy atom. The van der Waals surface area contributed by atoms with Crippen LogP contribution in [-0.2, 0) is 0 Å². The summed E-state index contributed by atoms with van der Waals surface area (Å²) in [5.74, 6) is 0. The molecule has 0 aliphatic heterocycles. The fourth-order valence-electron chi connectivity index (χ4n) is 3.88. The summed E-state index contributed by atoms with van der Waals surface area (Å²) < 4.78 is 0. The van der Waals surface area contributed by atoms with E-state index in [4.69, 9.17) is 0 Å². The molecule has 0 radical (unpaired) electrons. The first-order valence-electron chi connectivity index (χ1n) is 10.8. The van der Waals surface area contributed by atoms with Crippen LogP contribution in [0.3, 0.4) is 0 Å². The Balaban J connectivity index is 4.89. The number of hydrogen-bond acceptors (Lipinski definition) is 0. The van der Waals surface area contributed by atoms with Crippen LogP contribution >= 0.6 is 20.8 Å². The Kier molecular flexibility index (Phi) is 14.7. The summed E-state index contributed by atoms with van der Waals surface area (Å²) in [4.78, 5) is 0. The number of rotatable bonds is 17. The molecule has 0 atom stereocenters. The van der Waals surface area contributed by atoms with Crippen molar-refractivity contribution in [2.75, 3.05) is 24.6 Å². The van der Waals surface area contributed by atoms with Gasteiger partial charge in [-0.3, -0.25) is 0 Å². The van der Waals surface area contributed by atoms with Crippen molar-refractivity contribution in [2.24, 2.45) is 0 Å². The summed E-state index contributed by atoms with van der Waals surface area (Å²) in [5.41, 5.74) is 0. The van der Waals surface area contributed by atoms with Gasteiger partial charge in [0.15, 0.2) is 0 Å². The van der Waals surface area contributed by atoms with Crippen LogP contribution in [0, 0.1) is 0 Å². The molecule has 0 bridgehead atoms. The fourth-order valence-corrected chi connectivity index (χ4v) is 12.3. The van der Waals surface area contributed by atoms with Gasteiger partial charge in [-0.1, -0.05) is 0 Å². The van der Waals surface area contributed by atoms with Crippen LogP contribution in [0.2, 0.25) is 0 Å². The minimum absolute atomic E-state index is 1.36. The zero-order valence-corrected chi connectivity index (χ0v) is 19.3. The molecule has 0 aromatic heterocycles. The van der Waals surface area contributed by atoms with Gasteiger partial charge in [0, 0.05) is 0 Å².